The molecular weight excluding hydrogens is 1230 g/mol. The third-order valence-electron chi connectivity index (χ3n) is 14.7. The summed E-state index contributed by atoms with van der Waals surface area (Å²) < 4.78 is 72.0. The zero-order valence-electron chi connectivity index (χ0n) is 47.4. The van der Waals surface area contributed by atoms with Crippen LogP contribution in [0.5, 0.6) is 17.2 Å². The normalized spacial score (nSPS) is 36.2. The summed E-state index contributed by atoms with van der Waals surface area (Å²) in [5.41, 5.74) is 1.16. The monoisotopic (exact) mass is 1310 g/mol. The Labute approximate surface area is 506 Å². The standard InChI is InChI=1S/C54H72BrN3O21S4/c1-24-36(44(68-7)48(70-9)45(38(24)55)78-51-43(63)46(69-8)41(61)26(3)75-51)50(64)82-49-27(4)73-35(20-30(49)59)79-58-39-25(2)74-52(47(42(39)62)77-34-21-33(67-6)29(56-5)23-72-34)76-32-16-14-12-13-15-18-54(66)22-31(60)40(57-53(65)71-10)37(32)28(54)17-19-81-83-80-11/h12-13,17,25-27,29-30,32-35,39,41-43,46-47,49,51-52,56,58-59,61-63,66H,19-23H2,1-11H3,(H,57,65)/b13-12-,28-17-/t25-,26+,27-,29+,30+,32+,33+,34+,35+,39?,41+,42+,43-,46-,47-,49-,51+,52+,54+/m1/s1. The number of nitrogens with one attached hydrogen (secondary N) is 3. The van der Waals surface area contributed by atoms with Gasteiger partial charge in [-0.3, -0.25) is 19.7 Å². The van der Waals surface area contributed by atoms with Crippen molar-refractivity contribution in [2.45, 2.75) is 162 Å². The number of aliphatic hydroxyl groups is 5. The fraction of sp³-hybridized carbons (Fsp3) is 0.648. The number of halogens is 1. The fourth-order valence-electron chi connectivity index (χ4n) is 10.3. The van der Waals surface area contributed by atoms with Gasteiger partial charge in [-0.25, -0.2) is 4.79 Å². The number of benzene rings is 1. The number of likely N-dealkylation sites (N-methyl/N-ethyl adjacent to an activating group) is 1. The lowest BCUT2D eigenvalue weighted by molar-refractivity contribution is -0.336. The quantitative estimate of drug-likeness (QED) is 0.0380. The number of hydroxylamine groups is 1. The first-order valence-electron chi connectivity index (χ1n) is 26.3. The number of Topliss-reactive ketones (excluding diaryl/α,β-unsaturated/α-hetero) is 1. The second-order valence-corrected chi connectivity index (χ2v) is 26.1. The number of thioether (sulfide) groups is 1. The number of ether oxygens (including phenoxy) is 12. The minimum atomic E-state index is -2.05. The molecule has 1 unspecified atom stereocenters. The minimum Gasteiger partial charge on any atom is -0.492 e. The molecule has 6 aliphatic rings. The Balaban J connectivity index is 1.11. The molecule has 4 aliphatic heterocycles. The van der Waals surface area contributed by atoms with Gasteiger partial charge in [0.1, 0.15) is 36.6 Å². The van der Waals surface area contributed by atoms with Crippen LogP contribution in [0.2, 0.25) is 0 Å². The maximum absolute atomic E-state index is 14.4. The molecule has 1 aromatic carbocycles. The molecule has 460 valence electrons. The lowest BCUT2D eigenvalue weighted by Crippen LogP contribution is -2.65. The molecule has 0 saturated carbocycles. The molecule has 83 heavy (non-hydrogen) atoms. The van der Waals surface area contributed by atoms with Crippen molar-refractivity contribution in [2.75, 3.05) is 61.2 Å². The molecule has 19 atom stereocenters. The molecule has 1 aromatic rings. The number of hydrogen-bond donors (Lipinski definition) is 8. The zero-order chi connectivity index (χ0) is 60.4. The number of rotatable bonds is 21. The van der Waals surface area contributed by atoms with E-state index in [1.165, 1.54) is 64.9 Å². The number of fused-ring (bicyclic) bond motifs is 2. The van der Waals surface area contributed by atoms with Gasteiger partial charge in [-0.2, -0.15) is 5.48 Å². The van der Waals surface area contributed by atoms with Crippen LogP contribution in [0, 0.1) is 30.6 Å². The number of amides is 1. The third kappa shape index (κ3) is 15.4. The molecular formula is C54H72BrN3O21S4. The van der Waals surface area contributed by atoms with Crippen LogP contribution in [-0.2, 0) is 52.3 Å². The summed E-state index contributed by atoms with van der Waals surface area (Å²) in [7, 11) is 13.0. The molecule has 8 N–H and O–H groups in total. The predicted molar refractivity (Wildman–Crippen MR) is 310 cm³/mol. The molecule has 4 fully saturated rings. The molecule has 4 heterocycles. The van der Waals surface area contributed by atoms with Crippen LogP contribution >= 0.6 is 59.1 Å². The largest absolute Gasteiger partial charge is 0.492 e. The van der Waals surface area contributed by atoms with Crippen LogP contribution < -0.4 is 30.3 Å². The number of ketones is 1. The van der Waals surface area contributed by atoms with Gasteiger partial charge >= 0.3 is 6.09 Å². The van der Waals surface area contributed by atoms with E-state index < -0.39 is 127 Å². The Morgan fingerprint density at radius 3 is 2.27 bits per heavy atom. The van der Waals surface area contributed by atoms with Crippen LogP contribution in [0.25, 0.3) is 0 Å². The van der Waals surface area contributed by atoms with Gasteiger partial charge in [0.15, 0.2) is 41.8 Å². The van der Waals surface area contributed by atoms with E-state index in [9.17, 15) is 39.9 Å². The van der Waals surface area contributed by atoms with Gasteiger partial charge in [-0.1, -0.05) is 63.1 Å². The van der Waals surface area contributed by atoms with Crippen LogP contribution in [0.15, 0.2) is 39.5 Å². The Kier molecular flexibility index (Phi) is 24.8. The summed E-state index contributed by atoms with van der Waals surface area (Å²) >= 11 is 4.35. The topological polar surface area (TPSA) is 308 Å². The first kappa shape index (κ1) is 67.3. The van der Waals surface area contributed by atoms with Crippen LogP contribution in [-0.4, -0.2) is 219 Å². The van der Waals surface area contributed by atoms with Gasteiger partial charge in [0, 0.05) is 44.0 Å². The van der Waals surface area contributed by atoms with E-state index in [-0.39, 0.29) is 75.7 Å². The third-order valence-corrected chi connectivity index (χ3v) is 20.7. The van der Waals surface area contributed by atoms with Crippen molar-refractivity contribution in [3.8, 4) is 40.9 Å². The summed E-state index contributed by atoms with van der Waals surface area (Å²) in [6.07, 6.45) is -12.0. The van der Waals surface area contributed by atoms with E-state index in [0.29, 0.717) is 11.3 Å². The molecule has 0 aromatic heterocycles. The average Bonchev–Trinajstić information content (AvgIpc) is 3.59. The number of methoxy groups -OCH3 is 5. The van der Waals surface area contributed by atoms with Gasteiger partial charge in [0.2, 0.25) is 17.2 Å². The first-order chi connectivity index (χ1) is 39.7. The molecule has 1 amide bonds. The molecule has 4 saturated heterocycles. The Hall–Kier alpha value is -3.19. The van der Waals surface area contributed by atoms with E-state index in [1.54, 1.807) is 47.9 Å². The smallest absolute Gasteiger partial charge is 0.411 e. The highest BCUT2D eigenvalue weighted by atomic mass is 79.9. The first-order valence-corrected chi connectivity index (χ1v) is 32.1. The Morgan fingerprint density at radius 1 is 0.880 bits per heavy atom. The fourth-order valence-corrected chi connectivity index (χ4v) is 14.3. The van der Waals surface area contributed by atoms with E-state index in [1.807, 2.05) is 6.26 Å². The summed E-state index contributed by atoms with van der Waals surface area (Å²) in [5, 5.41) is 62.3. The van der Waals surface area contributed by atoms with Crippen LogP contribution in [0.4, 0.5) is 4.79 Å². The SMILES string of the molecule is CN[C@H]1CO[C@@H](O[C@H]2[C@H](O[C@H]3C#C/C=C\C#C[C@]4(O)CC(=O)C(NC(=O)OC)=C3/C4=C/CSSSC)O[C@H](C)C(NO[C@H]3C[C@H](O)[C@H](SC(=O)c4c(C)c(Br)c(O[C@@H]5O[C@@H](C)[C@H](O)[C@@H](OC)[C@H]5O)c(OC)c4OC)[C@@H](C)O3)[C@@H]2O)C[C@@H]1OC. The molecule has 2 aliphatic carbocycles. The van der Waals surface area contributed by atoms with E-state index in [2.05, 4.69) is 55.7 Å². The number of aliphatic hydroxyl groups excluding tert-OH is 4. The van der Waals surface area contributed by atoms with Gasteiger partial charge in [-0.15, -0.1) is 0 Å². The van der Waals surface area contributed by atoms with Gasteiger partial charge < -0.3 is 87.7 Å². The van der Waals surface area contributed by atoms with E-state index in [4.69, 9.17) is 61.7 Å². The number of carbonyl (C=O) groups is 3. The summed E-state index contributed by atoms with van der Waals surface area (Å²) in [6, 6.07) is -1.28. The Morgan fingerprint density at radius 2 is 1.60 bits per heavy atom. The van der Waals surface area contributed by atoms with Crippen molar-refractivity contribution in [3.05, 3.63) is 50.7 Å². The minimum absolute atomic E-state index is 0.000929. The highest BCUT2D eigenvalue weighted by molar-refractivity contribution is 9.10. The van der Waals surface area contributed by atoms with Crippen LogP contribution in [0.1, 0.15) is 56.0 Å². The summed E-state index contributed by atoms with van der Waals surface area (Å²) in [5.74, 6) is 11.1. The number of allylic oxidation sites excluding steroid dienone is 3. The highest BCUT2D eigenvalue weighted by Gasteiger charge is 2.52. The van der Waals surface area contributed by atoms with Crippen molar-refractivity contribution in [3.63, 3.8) is 0 Å². The van der Waals surface area contributed by atoms with Crippen molar-refractivity contribution < 1.29 is 102 Å². The molecule has 7 rings (SSSR count). The second kappa shape index (κ2) is 30.6. The lowest BCUT2D eigenvalue weighted by atomic mass is 9.75. The molecule has 29 heteroatoms. The number of hydrogen-bond acceptors (Lipinski definition) is 27. The second-order valence-electron chi connectivity index (χ2n) is 19.8. The van der Waals surface area contributed by atoms with E-state index >= 15 is 0 Å². The van der Waals surface area contributed by atoms with Crippen molar-refractivity contribution in [1.29, 1.82) is 0 Å². The number of carbonyl (C=O) groups excluding carboxylic acids is 3. The Bertz CT molecular complexity index is 2690. The van der Waals surface area contributed by atoms with E-state index in [0.717, 1.165) is 18.9 Å². The maximum Gasteiger partial charge on any atom is 0.411 e. The van der Waals surface area contributed by atoms with Crippen molar-refractivity contribution in [1.82, 2.24) is 16.1 Å². The molecule has 0 radical (unpaired) electrons. The van der Waals surface area contributed by atoms with Gasteiger partial charge in [0.25, 0.3) is 0 Å². The van der Waals surface area contributed by atoms with Crippen molar-refractivity contribution in [2.24, 2.45) is 0 Å². The van der Waals surface area contributed by atoms with Gasteiger partial charge in [0.05, 0.1) is 97.9 Å². The highest BCUT2D eigenvalue weighted by Crippen LogP contribution is 2.51. The maximum atomic E-state index is 14.4. The average molecular weight is 1310 g/mol. The molecule has 0 spiro atoms. The zero-order valence-corrected chi connectivity index (χ0v) is 52.3. The lowest BCUT2D eigenvalue weighted by Gasteiger charge is -2.46. The van der Waals surface area contributed by atoms with Crippen LogP contribution in [0.3, 0.4) is 0 Å². The summed E-state index contributed by atoms with van der Waals surface area (Å²) in [6.45, 7) is 6.72. The number of alkyl carbamates (subject to hydrolysis) is 1. The van der Waals surface area contributed by atoms with Crippen molar-refractivity contribution >= 4 is 76.1 Å². The molecule has 2 bridgehead atoms. The predicted octanol–water partition coefficient (Wildman–Crippen LogP) is 2.96. The van der Waals surface area contributed by atoms with Gasteiger partial charge in [-0.05, 0) is 84.5 Å². The summed E-state index contributed by atoms with van der Waals surface area (Å²) in [4.78, 5) is 47.5. The molecule has 24 nitrogen and oxygen atoms in total.